The fourth-order valence-electron chi connectivity index (χ4n) is 3.49. The molecule has 144 valence electrons. The Labute approximate surface area is 161 Å². The van der Waals surface area contributed by atoms with Gasteiger partial charge in [0.1, 0.15) is 5.65 Å². The lowest BCUT2D eigenvalue weighted by Gasteiger charge is -2.29. The average Bonchev–Trinajstić information content (AvgIpc) is 3.17. The largest absolute Gasteiger partial charge is 0.416 e. The van der Waals surface area contributed by atoms with Crippen LogP contribution in [0.2, 0.25) is 0 Å². The van der Waals surface area contributed by atoms with Gasteiger partial charge in [0, 0.05) is 24.7 Å². The molecule has 0 saturated heterocycles. The van der Waals surface area contributed by atoms with E-state index < -0.39 is 11.7 Å². The minimum atomic E-state index is -4.30. The van der Waals surface area contributed by atoms with Crippen molar-refractivity contribution in [3.63, 3.8) is 0 Å². The van der Waals surface area contributed by atoms with Gasteiger partial charge in [-0.2, -0.15) is 13.2 Å². The number of aromatic nitrogens is 2. The Morgan fingerprint density at radius 3 is 2.57 bits per heavy atom. The first-order valence-corrected chi connectivity index (χ1v) is 9.14. The van der Waals surface area contributed by atoms with Gasteiger partial charge in [-0.25, -0.2) is 4.98 Å². The molecule has 1 aliphatic heterocycles. The number of allylic oxidation sites excluding steroid dienone is 1. The summed E-state index contributed by atoms with van der Waals surface area (Å²) < 4.78 is 37.9. The molecule has 0 bridgehead atoms. The van der Waals surface area contributed by atoms with E-state index in [4.69, 9.17) is 0 Å². The third-order valence-electron chi connectivity index (χ3n) is 5.14. The molecule has 3 heterocycles. The number of anilines is 1. The van der Waals surface area contributed by atoms with Crippen molar-refractivity contribution in [3.8, 4) is 0 Å². The lowest BCUT2D eigenvalue weighted by Crippen LogP contribution is -2.29. The first kappa shape index (κ1) is 18.3. The molecule has 0 fully saturated rings. The van der Waals surface area contributed by atoms with Crippen molar-refractivity contribution >= 4 is 22.8 Å². The Morgan fingerprint density at radius 2 is 1.89 bits per heavy atom. The highest BCUT2D eigenvalue weighted by Gasteiger charge is 2.29. The number of nitrogens with one attached hydrogen (secondary N) is 1. The third-order valence-corrected chi connectivity index (χ3v) is 5.14. The summed E-state index contributed by atoms with van der Waals surface area (Å²) in [6.45, 7) is 3.77. The number of halogens is 3. The van der Waals surface area contributed by atoms with Crippen molar-refractivity contribution in [1.82, 2.24) is 9.97 Å². The normalized spacial score (nSPS) is 15.4. The SMILES string of the molecule is Cc1c(N2CC=C(C=Cc3ccc(C(F)(F)F)cc3)CC2)cnc2[nH]ccc12. The van der Waals surface area contributed by atoms with Crippen molar-refractivity contribution in [1.29, 1.82) is 0 Å². The molecule has 0 aliphatic carbocycles. The maximum absolute atomic E-state index is 12.6. The second-order valence-corrected chi connectivity index (χ2v) is 6.94. The number of nitrogens with zero attached hydrogens (tertiary/aromatic N) is 2. The molecule has 0 saturated carbocycles. The number of fused-ring (bicyclic) bond motifs is 1. The molecule has 0 spiro atoms. The van der Waals surface area contributed by atoms with E-state index in [9.17, 15) is 13.2 Å². The zero-order valence-electron chi connectivity index (χ0n) is 15.4. The zero-order valence-corrected chi connectivity index (χ0v) is 15.4. The average molecular weight is 383 g/mol. The van der Waals surface area contributed by atoms with Crippen LogP contribution in [0.1, 0.15) is 23.1 Å². The van der Waals surface area contributed by atoms with E-state index in [0.717, 1.165) is 53.9 Å². The summed E-state index contributed by atoms with van der Waals surface area (Å²) in [6.07, 6.45) is 6.39. The molecule has 1 N–H and O–H groups in total. The van der Waals surface area contributed by atoms with E-state index in [-0.39, 0.29) is 0 Å². The van der Waals surface area contributed by atoms with Crippen LogP contribution in [0.15, 0.2) is 60.5 Å². The summed E-state index contributed by atoms with van der Waals surface area (Å²) in [5, 5.41) is 1.13. The van der Waals surface area contributed by atoms with E-state index in [1.54, 1.807) is 0 Å². The highest BCUT2D eigenvalue weighted by Crippen LogP contribution is 2.30. The predicted octanol–water partition coefficient (Wildman–Crippen LogP) is 5.74. The third kappa shape index (κ3) is 3.67. The molecule has 3 aromatic rings. The topological polar surface area (TPSA) is 31.9 Å². The standard InChI is InChI=1S/C22H20F3N3/c1-15-19-8-11-26-21(19)27-14-20(15)28-12-9-17(10-13-28)3-2-16-4-6-18(7-5-16)22(23,24)25/h2-9,11,14H,10,12-13H2,1H3,(H,26,27). The fraction of sp³-hybridized carbons (Fsp3) is 0.227. The van der Waals surface area contributed by atoms with E-state index in [0.29, 0.717) is 0 Å². The fourth-order valence-corrected chi connectivity index (χ4v) is 3.49. The monoisotopic (exact) mass is 383 g/mol. The second-order valence-electron chi connectivity index (χ2n) is 6.94. The van der Waals surface area contributed by atoms with Gasteiger partial charge in [0.15, 0.2) is 0 Å². The summed E-state index contributed by atoms with van der Waals surface area (Å²) >= 11 is 0. The van der Waals surface area contributed by atoms with Crippen LogP contribution in [0.5, 0.6) is 0 Å². The summed E-state index contributed by atoms with van der Waals surface area (Å²) in [7, 11) is 0. The molecule has 1 aliphatic rings. The van der Waals surface area contributed by atoms with E-state index in [2.05, 4.69) is 27.9 Å². The van der Waals surface area contributed by atoms with Gasteiger partial charge in [-0.15, -0.1) is 0 Å². The van der Waals surface area contributed by atoms with Crippen LogP contribution in [0.4, 0.5) is 18.9 Å². The van der Waals surface area contributed by atoms with Crippen LogP contribution in [-0.4, -0.2) is 23.1 Å². The van der Waals surface area contributed by atoms with Crippen molar-refractivity contribution in [2.75, 3.05) is 18.0 Å². The molecule has 0 atom stereocenters. The molecule has 28 heavy (non-hydrogen) atoms. The van der Waals surface area contributed by atoms with Crippen LogP contribution in [-0.2, 0) is 6.18 Å². The van der Waals surface area contributed by atoms with Gasteiger partial charge >= 0.3 is 6.18 Å². The molecule has 0 radical (unpaired) electrons. The molecule has 2 aromatic heterocycles. The minimum Gasteiger partial charge on any atom is -0.366 e. The van der Waals surface area contributed by atoms with Gasteiger partial charge in [0.25, 0.3) is 0 Å². The Balaban J connectivity index is 1.45. The Bertz CT molecular complexity index is 1040. The molecular formula is C22H20F3N3. The number of pyridine rings is 1. The van der Waals surface area contributed by atoms with Crippen molar-refractivity contribution in [2.24, 2.45) is 0 Å². The number of hydrogen-bond donors (Lipinski definition) is 1. The van der Waals surface area contributed by atoms with Crippen molar-refractivity contribution in [2.45, 2.75) is 19.5 Å². The highest BCUT2D eigenvalue weighted by molar-refractivity contribution is 5.84. The second kappa shape index (κ2) is 7.19. The first-order valence-electron chi connectivity index (χ1n) is 9.14. The summed E-state index contributed by atoms with van der Waals surface area (Å²) in [5.41, 5.74) is 4.56. The number of aromatic amines is 1. The molecule has 0 amide bonds. The lowest BCUT2D eigenvalue weighted by molar-refractivity contribution is -0.137. The number of aryl methyl sites for hydroxylation is 1. The summed E-state index contributed by atoms with van der Waals surface area (Å²) in [6, 6.07) is 7.26. The maximum Gasteiger partial charge on any atom is 0.416 e. The van der Waals surface area contributed by atoms with Gasteiger partial charge in [-0.3, -0.25) is 0 Å². The van der Waals surface area contributed by atoms with Crippen LogP contribution < -0.4 is 4.90 Å². The number of benzene rings is 1. The predicted molar refractivity (Wildman–Crippen MR) is 106 cm³/mol. The van der Waals surface area contributed by atoms with E-state index in [1.165, 1.54) is 23.3 Å². The Hall–Kier alpha value is -3.02. The number of H-pyrrole nitrogens is 1. The van der Waals surface area contributed by atoms with Crippen molar-refractivity contribution in [3.05, 3.63) is 77.1 Å². The summed E-state index contributed by atoms with van der Waals surface area (Å²) in [4.78, 5) is 9.91. The van der Waals surface area contributed by atoms with Crippen molar-refractivity contribution < 1.29 is 13.2 Å². The van der Waals surface area contributed by atoms with Crippen LogP contribution in [0.25, 0.3) is 17.1 Å². The molecule has 4 rings (SSSR count). The molecule has 1 aromatic carbocycles. The van der Waals surface area contributed by atoms with Gasteiger partial charge in [0.2, 0.25) is 0 Å². The van der Waals surface area contributed by atoms with Crippen LogP contribution in [0.3, 0.4) is 0 Å². The lowest BCUT2D eigenvalue weighted by atomic mass is 10.0. The molecule has 0 unspecified atom stereocenters. The van der Waals surface area contributed by atoms with Gasteiger partial charge < -0.3 is 9.88 Å². The van der Waals surface area contributed by atoms with Crippen LogP contribution >= 0.6 is 0 Å². The smallest absolute Gasteiger partial charge is 0.366 e. The zero-order chi connectivity index (χ0) is 19.7. The Kier molecular flexibility index (Phi) is 4.71. The molecule has 3 nitrogen and oxygen atoms in total. The molecular weight excluding hydrogens is 363 g/mol. The number of alkyl halides is 3. The van der Waals surface area contributed by atoms with Gasteiger partial charge in [-0.05, 0) is 48.2 Å². The number of rotatable bonds is 3. The minimum absolute atomic E-state index is 0.624. The van der Waals surface area contributed by atoms with Crippen LogP contribution in [0, 0.1) is 6.92 Å². The number of hydrogen-bond acceptors (Lipinski definition) is 2. The quantitative estimate of drug-likeness (QED) is 0.625. The Morgan fingerprint density at radius 1 is 1.11 bits per heavy atom. The maximum atomic E-state index is 12.6. The van der Waals surface area contributed by atoms with Gasteiger partial charge in [-0.1, -0.05) is 30.4 Å². The molecule has 6 heteroatoms. The summed E-state index contributed by atoms with van der Waals surface area (Å²) in [5.74, 6) is 0. The van der Waals surface area contributed by atoms with Gasteiger partial charge in [0.05, 0.1) is 17.4 Å². The van der Waals surface area contributed by atoms with E-state index in [1.807, 2.05) is 30.6 Å². The highest BCUT2D eigenvalue weighted by atomic mass is 19.4. The first-order chi connectivity index (χ1) is 13.4. The van der Waals surface area contributed by atoms with E-state index >= 15 is 0 Å².